The molecular formula is C68H42N2OS. The maximum atomic E-state index is 7.11. The molecule has 4 heteroatoms. The Morgan fingerprint density at radius 2 is 0.917 bits per heavy atom. The van der Waals surface area contributed by atoms with Crippen molar-refractivity contribution in [2.45, 2.75) is 0 Å². The molecule has 72 heavy (non-hydrogen) atoms. The molecule has 0 spiro atoms. The zero-order valence-corrected chi connectivity index (χ0v) is 39.8. The first-order valence-corrected chi connectivity index (χ1v) is 25.4. The Morgan fingerprint density at radius 3 is 1.67 bits per heavy atom. The second kappa shape index (κ2) is 16.2. The number of hydrogen-bond acceptors (Lipinski definition) is 3. The number of hydrogen-bond donors (Lipinski definition) is 0. The van der Waals surface area contributed by atoms with E-state index in [9.17, 15) is 0 Å². The summed E-state index contributed by atoms with van der Waals surface area (Å²) in [4.78, 5) is 2.42. The van der Waals surface area contributed by atoms with Gasteiger partial charge in [-0.05, 0) is 117 Å². The fourth-order valence-electron chi connectivity index (χ4n) is 11.6. The molecule has 3 heterocycles. The second-order valence-corrected chi connectivity index (χ2v) is 19.8. The van der Waals surface area contributed by atoms with Crippen LogP contribution in [0.25, 0.3) is 125 Å². The molecule has 0 atom stereocenters. The van der Waals surface area contributed by atoms with E-state index in [0.717, 1.165) is 55.8 Å². The van der Waals surface area contributed by atoms with Gasteiger partial charge in [-0.1, -0.05) is 182 Å². The van der Waals surface area contributed by atoms with E-state index in [1.165, 1.54) is 85.8 Å². The van der Waals surface area contributed by atoms with Gasteiger partial charge in [0.05, 0.1) is 27.8 Å². The van der Waals surface area contributed by atoms with Gasteiger partial charge in [0.25, 0.3) is 0 Å². The van der Waals surface area contributed by atoms with E-state index in [2.05, 4.69) is 264 Å². The highest BCUT2D eigenvalue weighted by Gasteiger charge is 2.25. The smallest absolute Gasteiger partial charge is 0.145 e. The molecule has 0 amide bonds. The standard InChI is InChI=1S/C68H42N2OS/c1-2-17-48-45(16-1)42-59(51-19-4-3-18-50(48)51)44-34-38-47(39-35-44)69(46-36-32-43(33-37-46)49-25-15-26-57-55-23-9-14-31-65(55)72-68(49)57)63-41-40-56(67-66(63)58-24-8-13-30-64(58)71-67)54-22-7-12-29-62(54)70-60-27-10-5-20-52(60)53-21-6-11-28-61(53)70/h1-42H. The maximum absolute atomic E-state index is 7.11. The van der Waals surface area contributed by atoms with Crippen LogP contribution in [0.3, 0.4) is 0 Å². The van der Waals surface area contributed by atoms with Gasteiger partial charge in [-0.2, -0.15) is 0 Å². The zero-order valence-electron chi connectivity index (χ0n) is 39.0. The van der Waals surface area contributed by atoms with Gasteiger partial charge < -0.3 is 13.9 Å². The maximum Gasteiger partial charge on any atom is 0.145 e. The number of fused-ring (bicyclic) bond motifs is 12. The molecule has 336 valence electrons. The van der Waals surface area contributed by atoms with Crippen molar-refractivity contribution >= 4 is 114 Å². The van der Waals surface area contributed by atoms with Crippen molar-refractivity contribution in [3.8, 4) is 39.1 Å². The summed E-state index contributed by atoms with van der Waals surface area (Å²) < 4.78 is 12.1. The first kappa shape index (κ1) is 40.6. The Bertz CT molecular complexity index is 4580. The van der Waals surface area contributed by atoms with Crippen LogP contribution >= 0.6 is 11.3 Å². The molecule has 0 radical (unpaired) electrons. The van der Waals surface area contributed by atoms with Gasteiger partial charge >= 0.3 is 0 Å². The summed E-state index contributed by atoms with van der Waals surface area (Å²) in [5.74, 6) is 0. The highest BCUT2D eigenvalue weighted by Crippen LogP contribution is 2.49. The lowest BCUT2D eigenvalue weighted by Crippen LogP contribution is -2.10. The van der Waals surface area contributed by atoms with Crippen LogP contribution in [-0.4, -0.2) is 4.57 Å². The minimum atomic E-state index is 0.847. The molecule has 0 aliphatic carbocycles. The summed E-state index contributed by atoms with van der Waals surface area (Å²) in [5, 5.41) is 12.2. The summed E-state index contributed by atoms with van der Waals surface area (Å²) in [6.45, 7) is 0. The molecule has 12 aromatic carbocycles. The number of para-hydroxylation sites is 4. The lowest BCUT2D eigenvalue weighted by atomic mass is 9.93. The number of furan rings is 1. The van der Waals surface area contributed by atoms with Crippen molar-refractivity contribution in [1.82, 2.24) is 4.57 Å². The van der Waals surface area contributed by atoms with Gasteiger partial charge in [0, 0.05) is 58.8 Å². The van der Waals surface area contributed by atoms with Crippen molar-refractivity contribution in [2.75, 3.05) is 4.90 Å². The number of nitrogens with zero attached hydrogens (tertiary/aromatic N) is 2. The van der Waals surface area contributed by atoms with E-state index in [1.54, 1.807) is 0 Å². The predicted octanol–water partition coefficient (Wildman–Crippen LogP) is 19.8. The van der Waals surface area contributed by atoms with Crippen molar-refractivity contribution in [3.05, 3.63) is 255 Å². The third-order valence-corrected chi connectivity index (χ3v) is 16.0. The fourth-order valence-corrected chi connectivity index (χ4v) is 12.8. The molecule has 0 bridgehead atoms. The Hall–Kier alpha value is -9.22. The number of thiophene rings is 1. The van der Waals surface area contributed by atoms with Crippen LogP contribution in [0.1, 0.15) is 0 Å². The predicted molar refractivity (Wildman–Crippen MR) is 307 cm³/mol. The van der Waals surface area contributed by atoms with Crippen LogP contribution in [0.2, 0.25) is 0 Å². The van der Waals surface area contributed by atoms with Gasteiger partial charge in [-0.25, -0.2) is 0 Å². The molecular weight excluding hydrogens is 893 g/mol. The zero-order chi connectivity index (χ0) is 47.3. The van der Waals surface area contributed by atoms with Crippen molar-refractivity contribution in [3.63, 3.8) is 0 Å². The van der Waals surface area contributed by atoms with Crippen LogP contribution in [0.4, 0.5) is 17.1 Å². The molecule has 15 rings (SSSR count). The van der Waals surface area contributed by atoms with Gasteiger partial charge in [-0.15, -0.1) is 11.3 Å². The third kappa shape index (κ3) is 6.23. The Kier molecular flexibility index (Phi) is 9.13. The first-order chi connectivity index (χ1) is 35.7. The molecule has 0 aliphatic heterocycles. The normalized spacial score (nSPS) is 11.9. The largest absolute Gasteiger partial charge is 0.455 e. The van der Waals surface area contributed by atoms with E-state index in [4.69, 9.17) is 4.42 Å². The minimum Gasteiger partial charge on any atom is -0.455 e. The van der Waals surface area contributed by atoms with Crippen LogP contribution in [-0.2, 0) is 0 Å². The van der Waals surface area contributed by atoms with Crippen molar-refractivity contribution < 1.29 is 4.42 Å². The Labute approximate surface area is 419 Å². The Balaban J connectivity index is 0.939. The number of anilines is 3. The van der Waals surface area contributed by atoms with Crippen molar-refractivity contribution in [1.29, 1.82) is 0 Å². The van der Waals surface area contributed by atoms with Gasteiger partial charge in [-0.3, -0.25) is 0 Å². The number of rotatable bonds is 7. The van der Waals surface area contributed by atoms with Gasteiger partial charge in [0.1, 0.15) is 11.2 Å². The second-order valence-electron chi connectivity index (χ2n) is 18.7. The lowest BCUT2D eigenvalue weighted by Gasteiger charge is -2.27. The highest BCUT2D eigenvalue weighted by atomic mass is 32.1. The molecule has 0 N–H and O–H groups in total. The van der Waals surface area contributed by atoms with E-state index < -0.39 is 0 Å². The molecule has 0 saturated heterocycles. The van der Waals surface area contributed by atoms with Crippen molar-refractivity contribution in [2.24, 2.45) is 0 Å². The van der Waals surface area contributed by atoms with E-state index in [-0.39, 0.29) is 0 Å². The fraction of sp³-hybridized carbons (Fsp3) is 0. The molecule has 0 unspecified atom stereocenters. The molecule has 0 aliphatic rings. The van der Waals surface area contributed by atoms with Gasteiger partial charge in [0.15, 0.2) is 0 Å². The van der Waals surface area contributed by atoms with E-state index >= 15 is 0 Å². The topological polar surface area (TPSA) is 21.3 Å². The molecule has 15 aromatic rings. The summed E-state index contributed by atoms with van der Waals surface area (Å²) >= 11 is 1.87. The van der Waals surface area contributed by atoms with Gasteiger partial charge in [0.2, 0.25) is 0 Å². The summed E-state index contributed by atoms with van der Waals surface area (Å²) in [5.41, 5.74) is 15.2. The summed E-state index contributed by atoms with van der Waals surface area (Å²) in [7, 11) is 0. The van der Waals surface area contributed by atoms with Crippen LogP contribution in [0.5, 0.6) is 0 Å². The summed E-state index contributed by atoms with van der Waals surface area (Å²) in [6.07, 6.45) is 0. The first-order valence-electron chi connectivity index (χ1n) is 24.6. The van der Waals surface area contributed by atoms with Crippen LogP contribution in [0, 0.1) is 0 Å². The minimum absolute atomic E-state index is 0.847. The average Bonchev–Trinajstić information content (AvgIpc) is 4.14. The highest BCUT2D eigenvalue weighted by molar-refractivity contribution is 7.26. The van der Waals surface area contributed by atoms with E-state index in [0.29, 0.717) is 0 Å². The summed E-state index contributed by atoms with van der Waals surface area (Å²) in [6, 6.07) is 92.8. The third-order valence-electron chi connectivity index (χ3n) is 14.8. The van der Waals surface area contributed by atoms with E-state index in [1.807, 2.05) is 11.3 Å². The van der Waals surface area contributed by atoms with Crippen LogP contribution in [0.15, 0.2) is 259 Å². The average molecular weight is 935 g/mol. The molecule has 3 nitrogen and oxygen atoms in total. The quantitative estimate of drug-likeness (QED) is 0.149. The number of benzene rings is 12. The molecule has 3 aromatic heterocycles. The molecule has 0 saturated carbocycles. The monoisotopic (exact) mass is 934 g/mol. The number of aromatic nitrogens is 1. The SMILES string of the molecule is c1ccc(-n2c3ccccc3c3ccccc32)c(-c2ccc(N(c3ccc(-c4cc5ccccc5c5ccccc45)cc3)c3ccc(-c4cccc5c4sc4ccccc45)cc3)c3c2oc2ccccc23)c1. The Morgan fingerprint density at radius 1 is 0.361 bits per heavy atom. The lowest BCUT2D eigenvalue weighted by molar-refractivity contribution is 0.670. The van der Waals surface area contributed by atoms with Crippen LogP contribution < -0.4 is 4.90 Å². The molecule has 0 fully saturated rings.